The Morgan fingerprint density at radius 1 is 0.960 bits per heavy atom. The smallest absolute Gasteiger partial charge is 0.329 e. The number of halogens is 1. The van der Waals surface area contributed by atoms with Gasteiger partial charge in [0.2, 0.25) is 0 Å². The molecule has 0 bridgehead atoms. The van der Waals surface area contributed by atoms with Gasteiger partial charge in [0.05, 0.1) is 37.6 Å². The van der Waals surface area contributed by atoms with Gasteiger partial charge in [-0.3, -0.25) is 0 Å². The van der Waals surface area contributed by atoms with Crippen molar-refractivity contribution in [3.05, 3.63) is 59.3 Å². The van der Waals surface area contributed by atoms with E-state index in [1.54, 1.807) is 17.7 Å². The van der Waals surface area contributed by atoms with Crippen molar-refractivity contribution in [2.24, 2.45) is 0 Å². The number of fused-ring (bicyclic) bond motifs is 1. The highest BCUT2D eigenvalue weighted by atomic mass is 31.2. The monoisotopic (exact) mass is 718 g/mol. The maximum atomic E-state index is 12.5. The van der Waals surface area contributed by atoms with Crippen molar-refractivity contribution in [2.75, 3.05) is 26.1 Å². The van der Waals surface area contributed by atoms with Crippen LogP contribution in [0.2, 0.25) is 0 Å². The van der Waals surface area contributed by atoms with Gasteiger partial charge < -0.3 is 29.5 Å². The number of nitrogens with zero attached hydrogens (tertiary/aromatic N) is 5. The van der Waals surface area contributed by atoms with Gasteiger partial charge in [0, 0.05) is 19.4 Å². The van der Waals surface area contributed by atoms with E-state index < -0.39 is 14.4 Å². The topological polar surface area (TPSA) is 172 Å². The number of aliphatic hydroxyl groups is 1. The molecule has 11 nitrogen and oxygen atoms in total. The van der Waals surface area contributed by atoms with Crippen molar-refractivity contribution in [1.29, 1.82) is 10.5 Å². The molecule has 1 aromatic carbocycles. The minimum Gasteiger partial charge on any atom is -0.392 e. The molecule has 0 aliphatic carbocycles. The number of aromatic nitrogens is 3. The average Bonchev–Trinajstić information content (AvgIpc) is 3.57. The largest absolute Gasteiger partial charge is 0.392 e. The fourth-order valence-corrected chi connectivity index (χ4v) is 5.68. The van der Waals surface area contributed by atoms with E-state index in [0.29, 0.717) is 18.0 Å². The van der Waals surface area contributed by atoms with E-state index in [0.717, 1.165) is 43.0 Å². The third kappa shape index (κ3) is 21.1. The number of unbranched alkanes of at least 4 members (excludes halogenated alkanes) is 12. The van der Waals surface area contributed by atoms with E-state index in [1.165, 1.54) is 89.1 Å². The summed E-state index contributed by atoms with van der Waals surface area (Å²) in [7, 11) is -0.219. The molecule has 0 saturated carbocycles. The molecule has 280 valence electrons. The van der Waals surface area contributed by atoms with Crippen molar-refractivity contribution in [3.63, 3.8) is 0 Å². The zero-order valence-electron chi connectivity index (χ0n) is 30.6. The van der Waals surface area contributed by atoms with Gasteiger partial charge in [-0.25, -0.2) is 19.2 Å². The quantitative estimate of drug-likeness (QED) is 0.0635. The minimum absolute atomic E-state index is 0.142. The number of benzene rings is 1. The molecule has 0 aliphatic heterocycles. The van der Waals surface area contributed by atoms with Gasteiger partial charge in [0.15, 0.2) is 5.82 Å². The number of methoxy groups -OCH3 is 1. The molecule has 0 fully saturated rings. The molecule has 50 heavy (non-hydrogen) atoms. The van der Waals surface area contributed by atoms with E-state index >= 15 is 0 Å². The van der Waals surface area contributed by atoms with Crippen LogP contribution in [0.25, 0.3) is 5.52 Å². The number of hydrogen-bond donors (Lipinski definition) is 3. The number of nitrogen functional groups attached to an aromatic ring is 1. The summed E-state index contributed by atoms with van der Waals surface area (Å²) in [4.78, 5) is 14.0. The fourth-order valence-electron chi connectivity index (χ4n) is 5.03. The van der Waals surface area contributed by atoms with Gasteiger partial charge >= 0.3 is 8.60 Å². The van der Waals surface area contributed by atoms with Crippen LogP contribution in [0.4, 0.5) is 10.2 Å². The van der Waals surface area contributed by atoms with Gasteiger partial charge in [-0.05, 0) is 55.2 Å². The Labute approximate surface area is 300 Å². The lowest BCUT2D eigenvalue weighted by molar-refractivity contribution is 0.0440. The third-order valence-electron chi connectivity index (χ3n) is 7.71. The number of nitrogens with two attached hydrogens (primary N) is 1. The lowest BCUT2D eigenvalue weighted by Gasteiger charge is -2.17. The second kappa shape index (κ2) is 31.7. The molecule has 0 saturated heterocycles. The molecule has 2 atom stereocenters. The third-order valence-corrected chi connectivity index (χ3v) is 8.48. The zero-order valence-corrected chi connectivity index (χ0v) is 31.5. The van der Waals surface area contributed by atoms with Crippen LogP contribution < -0.4 is 5.73 Å². The normalized spacial score (nSPS) is 11.6. The number of aryl methyl sites for hydroxylation is 1. The molecule has 2 aromatic heterocycles. The van der Waals surface area contributed by atoms with Gasteiger partial charge in [-0.2, -0.15) is 10.4 Å². The molecular weight excluding hydrogens is 658 g/mol. The highest BCUT2D eigenvalue weighted by molar-refractivity contribution is 7.40. The number of rotatable bonds is 23. The molecular formula is C37H60FN6O5P. The minimum atomic E-state index is -1.87. The molecule has 0 amide bonds. The van der Waals surface area contributed by atoms with Crippen LogP contribution in [0.1, 0.15) is 127 Å². The molecule has 4 N–H and O–H groups in total. The number of hydrogen-bond acceptors (Lipinski definition) is 10. The van der Waals surface area contributed by atoms with Crippen molar-refractivity contribution in [2.45, 2.75) is 130 Å². The van der Waals surface area contributed by atoms with Crippen LogP contribution >= 0.6 is 8.60 Å². The summed E-state index contributed by atoms with van der Waals surface area (Å²) in [6.07, 6.45) is 19.8. The second-order valence-electron chi connectivity index (χ2n) is 11.4. The Bertz CT molecular complexity index is 1320. The first kappa shape index (κ1) is 46.8. The lowest BCUT2D eigenvalue weighted by atomic mass is 10.0. The summed E-state index contributed by atoms with van der Waals surface area (Å²) in [5.41, 5.74) is 8.36. The highest BCUT2D eigenvalue weighted by Crippen LogP contribution is 2.33. The van der Waals surface area contributed by atoms with Crippen molar-refractivity contribution in [3.8, 4) is 12.6 Å². The lowest BCUT2D eigenvalue weighted by Crippen LogP contribution is -2.18. The Morgan fingerprint density at radius 3 is 2.12 bits per heavy atom. The SMILES string of the molecule is C#N.CC.CCCCCCCCCCCCCCCOP(O)OCC(CCc1ccc2c(N)ncnn12)OC.N#Cc1cc(F)cc(CO)c1. The van der Waals surface area contributed by atoms with Crippen molar-refractivity contribution >= 4 is 19.9 Å². The molecule has 2 unspecified atom stereocenters. The van der Waals surface area contributed by atoms with E-state index in [1.807, 2.05) is 26.0 Å². The highest BCUT2D eigenvalue weighted by Gasteiger charge is 2.15. The van der Waals surface area contributed by atoms with E-state index in [4.69, 9.17) is 35.1 Å². The van der Waals surface area contributed by atoms with Gasteiger partial charge in [0.1, 0.15) is 17.7 Å². The second-order valence-corrected chi connectivity index (χ2v) is 12.4. The van der Waals surface area contributed by atoms with Crippen molar-refractivity contribution in [1.82, 2.24) is 14.6 Å². The molecule has 0 aliphatic rings. The fraction of sp³-hybridized carbons (Fsp3) is 0.622. The Kier molecular flexibility index (Phi) is 29.7. The van der Waals surface area contributed by atoms with Crippen LogP contribution in [-0.4, -0.2) is 51.0 Å². The maximum absolute atomic E-state index is 12.5. The standard InChI is InChI=1S/C26H47N4O4P.C8H6FNO.C2H6.CHN/c1-3-4-5-6-7-8-9-10-11-12-13-14-15-20-33-35(31)34-21-24(32-2)18-16-23-17-19-25-26(27)28-22-29-30(23)25;9-8-2-6(4-10)1-7(3-8)5-11;2*1-2/h17,19,22,24,31H,3-16,18,20-21H2,1-2H3,(H2,27,28,29);1-3,11H,5H2;1-2H3;1H. The summed E-state index contributed by atoms with van der Waals surface area (Å²) in [6, 6.07) is 9.47. The molecule has 3 aromatic rings. The van der Waals surface area contributed by atoms with Gasteiger partial charge in [0.25, 0.3) is 0 Å². The van der Waals surface area contributed by atoms with Crippen LogP contribution in [0.5, 0.6) is 0 Å². The van der Waals surface area contributed by atoms with E-state index in [9.17, 15) is 9.28 Å². The van der Waals surface area contributed by atoms with Gasteiger partial charge in [-0.15, -0.1) is 0 Å². The summed E-state index contributed by atoms with van der Waals surface area (Å²) >= 11 is 0. The van der Waals surface area contributed by atoms with Crippen LogP contribution in [-0.2, 0) is 26.8 Å². The van der Waals surface area contributed by atoms with Crippen LogP contribution in [0.15, 0.2) is 36.7 Å². The first-order valence-electron chi connectivity index (χ1n) is 17.8. The van der Waals surface area contributed by atoms with Gasteiger partial charge in [-0.1, -0.05) is 97.8 Å². The Balaban J connectivity index is 0.00000133. The summed E-state index contributed by atoms with van der Waals surface area (Å²) < 4.78 is 30.8. The van der Waals surface area contributed by atoms with E-state index in [-0.39, 0.29) is 24.9 Å². The Hall–Kier alpha value is -3.22. The van der Waals surface area contributed by atoms with Crippen LogP contribution in [0, 0.1) is 29.0 Å². The van der Waals surface area contributed by atoms with Crippen molar-refractivity contribution < 1.29 is 28.2 Å². The summed E-state index contributed by atoms with van der Waals surface area (Å²) in [5.74, 6) is -0.0301. The Morgan fingerprint density at radius 2 is 1.56 bits per heavy atom. The molecule has 3 rings (SSSR count). The number of nitriles is 2. The number of anilines is 1. The zero-order chi connectivity index (χ0) is 37.4. The molecule has 2 heterocycles. The first-order valence-corrected chi connectivity index (χ1v) is 19.0. The average molecular weight is 719 g/mol. The van der Waals surface area contributed by atoms with E-state index in [2.05, 4.69) is 23.6 Å². The predicted octanol–water partition coefficient (Wildman–Crippen LogP) is 8.96. The predicted molar refractivity (Wildman–Crippen MR) is 198 cm³/mol. The maximum Gasteiger partial charge on any atom is 0.329 e. The molecule has 13 heteroatoms. The number of aliphatic hydroxyl groups excluding tert-OH is 1. The van der Waals surface area contributed by atoms with Crippen LogP contribution in [0.3, 0.4) is 0 Å². The first-order chi connectivity index (χ1) is 24.4. The molecule has 0 spiro atoms. The number of ether oxygens (including phenoxy) is 1. The summed E-state index contributed by atoms with van der Waals surface area (Å²) in [6.45, 7) is 10.4. The molecule has 0 radical (unpaired) electrons. The summed E-state index contributed by atoms with van der Waals surface area (Å²) in [5, 5.41) is 27.8.